The Balaban J connectivity index is 1.28. The van der Waals surface area contributed by atoms with E-state index in [-0.39, 0.29) is 10.8 Å². The van der Waals surface area contributed by atoms with Gasteiger partial charge in [-0.3, -0.25) is 4.79 Å². The highest BCUT2D eigenvalue weighted by atomic mass is 32.2. The first kappa shape index (κ1) is 30.8. The molecule has 5 aromatic rings. The van der Waals surface area contributed by atoms with E-state index in [9.17, 15) is 13.2 Å². The molecule has 0 saturated carbocycles. The lowest BCUT2D eigenvalue weighted by Gasteiger charge is -2.26. The van der Waals surface area contributed by atoms with Gasteiger partial charge in [0.1, 0.15) is 0 Å². The lowest BCUT2D eigenvalue weighted by molar-refractivity contribution is -0.114. The minimum Gasteiger partial charge on any atom is -0.379 e. The molecule has 1 amide bonds. The summed E-state index contributed by atoms with van der Waals surface area (Å²) in [4.78, 5) is 18.6. The molecule has 0 radical (unpaired) electrons. The van der Waals surface area contributed by atoms with Crippen LogP contribution in [-0.4, -0.2) is 71.2 Å². The highest BCUT2D eigenvalue weighted by molar-refractivity contribution is 8.00. The van der Waals surface area contributed by atoms with E-state index in [4.69, 9.17) is 14.9 Å². The fraction of sp³-hybridized carbons (Fsp3) is 0.143. The number of para-hydroxylation sites is 2. The molecule has 2 aromatic heterocycles. The van der Waals surface area contributed by atoms with Gasteiger partial charge in [-0.15, -0.1) is 0 Å². The minimum absolute atomic E-state index is 0.205. The molecule has 4 heterocycles. The highest BCUT2D eigenvalue weighted by Gasteiger charge is 2.32. The molecule has 0 unspecified atom stereocenters. The molecular weight excluding hydrogens is 633 g/mol. The molecule has 12 heteroatoms. The third-order valence-electron chi connectivity index (χ3n) is 7.75. The highest BCUT2D eigenvalue weighted by Crippen LogP contribution is 2.32. The molecule has 2 aliphatic heterocycles. The summed E-state index contributed by atoms with van der Waals surface area (Å²) in [5.74, 6) is 0.173. The molecule has 2 aliphatic rings. The topological polar surface area (TPSA) is 110 Å². The van der Waals surface area contributed by atoms with Gasteiger partial charge >= 0.3 is 0 Å². The normalized spacial score (nSPS) is 16.5. The van der Waals surface area contributed by atoms with Crippen LogP contribution < -0.4 is 5.01 Å². The van der Waals surface area contributed by atoms with Crippen LogP contribution in [0.15, 0.2) is 136 Å². The van der Waals surface area contributed by atoms with E-state index in [2.05, 4.69) is 4.98 Å². The Morgan fingerprint density at radius 1 is 0.830 bits per heavy atom. The number of amides is 1. The van der Waals surface area contributed by atoms with E-state index >= 15 is 0 Å². The number of hydrogen-bond acceptors (Lipinski definition) is 8. The SMILES string of the molecule is O=C1C(=Cc2cn(-c3ccccc3)nc2-c2ccc(S(=O)(=O)N3CCOCC3)cc2)C(CSc2ccccn2)=NN1c1ccccc1. The van der Waals surface area contributed by atoms with E-state index in [1.165, 1.54) is 21.1 Å². The molecule has 1 fully saturated rings. The number of hydrazone groups is 1. The number of ether oxygens (including phenoxy) is 1. The molecule has 236 valence electrons. The second-order valence-electron chi connectivity index (χ2n) is 10.8. The van der Waals surface area contributed by atoms with E-state index < -0.39 is 10.0 Å². The van der Waals surface area contributed by atoms with Gasteiger partial charge in [0, 0.05) is 42.4 Å². The van der Waals surface area contributed by atoms with Crippen molar-refractivity contribution in [2.24, 2.45) is 5.10 Å². The van der Waals surface area contributed by atoms with Crippen molar-refractivity contribution in [1.29, 1.82) is 0 Å². The second-order valence-corrected chi connectivity index (χ2v) is 13.7. The van der Waals surface area contributed by atoms with Crippen molar-refractivity contribution in [2.75, 3.05) is 37.1 Å². The van der Waals surface area contributed by atoms with Crippen molar-refractivity contribution in [3.05, 3.63) is 127 Å². The van der Waals surface area contributed by atoms with Gasteiger partial charge in [-0.25, -0.2) is 18.1 Å². The maximum absolute atomic E-state index is 14.0. The van der Waals surface area contributed by atoms with Crippen LogP contribution in [0.5, 0.6) is 0 Å². The summed E-state index contributed by atoms with van der Waals surface area (Å²) >= 11 is 1.50. The van der Waals surface area contributed by atoms with Crippen molar-refractivity contribution < 1.29 is 17.9 Å². The molecule has 0 bridgehead atoms. The second kappa shape index (κ2) is 13.5. The average Bonchev–Trinajstić information content (AvgIpc) is 3.70. The van der Waals surface area contributed by atoms with E-state index in [0.717, 1.165) is 10.7 Å². The van der Waals surface area contributed by atoms with Crippen molar-refractivity contribution in [1.82, 2.24) is 19.1 Å². The predicted molar refractivity (Wildman–Crippen MR) is 183 cm³/mol. The Morgan fingerprint density at radius 3 is 2.19 bits per heavy atom. The lowest BCUT2D eigenvalue weighted by Crippen LogP contribution is -2.40. The largest absolute Gasteiger partial charge is 0.379 e. The Morgan fingerprint density at radius 2 is 1.51 bits per heavy atom. The Hall–Kier alpha value is -4.88. The lowest BCUT2D eigenvalue weighted by atomic mass is 10.0. The molecule has 3 aromatic carbocycles. The minimum atomic E-state index is -3.66. The number of sulfonamides is 1. The summed E-state index contributed by atoms with van der Waals surface area (Å²) < 4.78 is 35.1. The summed E-state index contributed by atoms with van der Waals surface area (Å²) in [7, 11) is -3.66. The van der Waals surface area contributed by atoms with Gasteiger partial charge in [-0.2, -0.15) is 19.5 Å². The van der Waals surface area contributed by atoms with Crippen molar-refractivity contribution in [3.63, 3.8) is 0 Å². The third kappa shape index (κ3) is 6.54. The van der Waals surface area contributed by atoms with Gasteiger partial charge in [0.2, 0.25) is 10.0 Å². The molecule has 10 nitrogen and oxygen atoms in total. The van der Waals surface area contributed by atoms with Crippen molar-refractivity contribution >= 4 is 45.2 Å². The number of rotatable bonds is 9. The Kier molecular flexibility index (Phi) is 8.81. The first-order chi connectivity index (χ1) is 23.0. The van der Waals surface area contributed by atoms with Gasteiger partial charge in [0.05, 0.1) is 51.5 Å². The smallest absolute Gasteiger partial charge is 0.280 e. The number of pyridine rings is 1. The van der Waals surface area contributed by atoms with Crippen LogP contribution in [0, 0.1) is 0 Å². The standard InChI is InChI=1S/C35H30N6O4S2/c42-35-31(32(25-46-33-13-7-8-18-36-33)37-41(35)29-11-5-2-6-12-29)23-27-24-40(28-9-3-1-4-10-28)38-34(27)26-14-16-30(17-15-26)47(43,44)39-19-21-45-22-20-39/h1-18,23-24H,19-22,25H2. The predicted octanol–water partition coefficient (Wildman–Crippen LogP) is 5.53. The van der Waals surface area contributed by atoms with Crippen LogP contribution in [0.2, 0.25) is 0 Å². The van der Waals surface area contributed by atoms with Gasteiger partial charge in [0.25, 0.3) is 5.91 Å². The van der Waals surface area contributed by atoms with Gasteiger partial charge in [0.15, 0.2) is 0 Å². The van der Waals surface area contributed by atoms with Crippen molar-refractivity contribution in [2.45, 2.75) is 9.92 Å². The average molecular weight is 663 g/mol. The maximum atomic E-state index is 14.0. The number of hydrogen-bond donors (Lipinski definition) is 0. The molecule has 47 heavy (non-hydrogen) atoms. The van der Waals surface area contributed by atoms with Crippen LogP contribution in [-0.2, 0) is 19.6 Å². The number of anilines is 1. The van der Waals surface area contributed by atoms with Crippen LogP contribution in [0.1, 0.15) is 5.56 Å². The molecule has 0 aliphatic carbocycles. The summed E-state index contributed by atoms with van der Waals surface area (Å²) in [5, 5.41) is 11.9. The van der Waals surface area contributed by atoms with Gasteiger partial charge < -0.3 is 4.74 Å². The number of benzene rings is 3. The van der Waals surface area contributed by atoms with Gasteiger partial charge in [-0.1, -0.05) is 66.4 Å². The molecule has 0 atom stereocenters. The molecule has 1 saturated heterocycles. The van der Waals surface area contributed by atoms with Crippen molar-refractivity contribution in [3.8, 4) is 16.9 Å². The molecular formula is C35H30N6O4S2. The number of aromatic nitrogens is 3. The number of thioether (sulfide) groups is 1. The summed E-state index contributed by atoms with van der Waals surface area (Å²) in [6.07, 6.45) is 5.43. The number of morpholine rings is 1. The monoisotopic (exact) mass is 662 g/mol. The van der Waals surface area contributed by atoms with Crippen LogP contribution in [0.4, 0.5) is 5.69 Å². The van der Waals surface area contributed by atoms with E-state index in [1.54, 1.807) is 35.1 Å². The van der Waals surface area contributed by atoms with E-state index in [0.29, 0.717) is 65.8 Å². The van der Waals surface area contributed by atoms with Crippen LogP contribution >= 0.6 is 11.8 Å². The van der Waals surface area contributed by atoms with E-state index in [1.807, 2.05) is 91.1 Å². The number of nitrogens with zero attached hydrogens (tertiary/aromatic N) is 6. The fourth-order valence-electron chi connectivity index (χ4n) is 5.33. The van der Waals surface area contributed by atoms with Gasteiger partial charge in [-0.05, 0) is 54.6 Å². The van der Waals surface area contributed by atoms with Crippen LogP contribution in [0.25, 0.3) is 23.0 Å². The summed E-state index contributed by atoms with van der Waals surface area (Å²) in [6, 6.07) is 31.4. The zero-order valence-electron chi connectivity index (χ0n) is 25.2. The molecule has 0 spiro atoms. The fourth-order valence-corrected chi connectivity index (χ4v) is 7.55. The summed E-state index contributed by atoms with van der Waals surface area (Å²) in [5.41, 5.74) is 4.55. The first-order valence-corrected chi connectivity index (χ1v) is 17.5. The third-order valence-corrected chi connectivity index (χ3v) is 10.6. The number of carbonyl (C=O) groups is 1. The molecule has 7 rings (SSSR count). The maximum Gasteiger partial charge on any atom is 0.280 e. The Labute approximate surface area is 277 Å². The quantitative estimate of drug-likeness (QED) is 0.151. The zero-order chi connectivity index (χ0) is 32.2. The number of carbonyl (C=O) groups excluding carboxylic acids is 1. The van der Waals surface area contributed by atoms with Crippen LogP contribution in [0.3, 0.4) is 0 Å². The Bertz CT molecular complexity index is 2040. The molecule has 0 N–H and O–H groups in total. The summed E-state index contributed by atoms with van der Waals surface area (Å²) in [6.45, 7) is 1.39. The zero-order valence-corrected chi connectivity index (χ0v) is 26.8. The first-order valence-electron chi connectivity index (χ1n) is 15.0.